The van der Waals surface area contributed by atoms with E-state index in [0.717, 1.165) is 12.8 Å². The first-order valence-corrected chi connectivity index (χ1v) is 4.57. The number of carbonyl (C=O) groups is 1. The zero-order chi connectivity index (χ0) is 9.47. The maximum absolute atomic E-state index is 11.3. The third kappa shape index (κ3) is 1.02. The van der Waals surface area contributed by atoms with Crippen molar-refractivity contribution >= 4 is 5.97 Å². The summed E-state index contributed by atoms with van der Waals surface area (Å²) < 4.78 is 10.1. The van der Waals surface area contributed by atoms with Gasteiger partial charge in [0.05, 0.1) is 19.6 Å². The highest BCUT2D eigenvalue weighted by Crippen LogP contribution is 2.52. The Morgan fingerprint density at radius 1 is 1.77 bits per heavy atom. The summed E-state index contributed by atoms with van der Waals surface area (Å²) in [6, 6.07) is 0. The highest BCUT2D eigenvalue weighted by Gasteiger charge is 2.62. The largest absolute Gasteiger partial charge is 0.469 e. The van der Waals surface area contributed by atoms with Crippen LogP contribution in [0.3, 0.4) is 0 Å². The van der Waals surface area contributed by atoms with Crippen LogP contribution in [0.1, 0.15) is 12.8 Å². The van der Waals surface area contributed by atoms with Gasteiger partial charge in [-0.2, -0.15) is 0 Å². The van der Waals surface area contributed by atoms with Gasteiger partial charge in [-0.3, -0.25) is 4.79 Å². The predicted octanol–water partition coefficient (Wildman–Crippen LogP) is -0.0531. The Hall–Kier alpha value is -0.610. The zero-order valence-electron chi connectivity index (χ0n) is 7.66. The predicted molar refractivity (Wildman–Crippen MR) is 44.0 cm³/mol. The number of hydrogen-bond donors (Lipinski definition) is 1. The van der Waals surface area contributed by atoms with Crippen LogP contribution in [0.4, 0.5) is 0 Å². The molecule has 1 saturated carbocycles. The van der Waals surface area contributed by atoms with Crippen molar-refractivity contribution in [3.05, 3.63) is 0 Å². The molecular formula is C9H14O4. The maximum atomic E-state index is 11.3. The van der Waals surface area contributed by atoms with Gasteiger partial charge in [0.25, 0.3) is 0 Å². The Morgan fingerprint density at radius 2 is 2.54 bits per heavy atom. The molecule has 74 valence electrons. The standard InChI is InChI=1S/C9H14O4/c1-12-8(11)7-4-6-2-3-13-9(6,7)5-10/h6-7,10H,2-5H2,1H3. The molecule has 0 aromatic rings. The zero-order valence-corrected chi connectivity index (χ0v) is 7.66. The number of carbonyl (C=O) groups excluding carboxylic acids is 1. The summed E-state index contributed by atoms with van der Waals surface area (Å²) in [5, 5.41) is 9.23. The quantitative estimate of drug-likeness (QED) is 0.614. The fourth-order valence-electron chi connectivity index (χ4n) is 2.50. The number of hydrogen-bond acceptors (Lipinski definition) is 4. The Morgan fingerprint density at radius 3 is 3.08 bits per heavy atom. The Kier molecular flexibility index (Phi) is 2.04. The fraction of sp³-hybridized carbons (Fsp3) is 0.889. The van der Waals surface area contributed by atoms with Crippen molar-refractivity contribution in [2.45, 2.75) is 18.4 Å². The number of ether oxygens (including phenoxy) is 2. The van der Waals surface area contributed by atoms with Gasteiger partial charge in [0.1, 0.15) is 5.60 Å². The molecule has 0 radical (unpaired) electrons. The molecule has 3 atom stereocenters. The maximum Gasteiger partial charge on any atom is 0.311 e. The lowest BCUT2D eigenvalue weighted by Crippen LogP contribution is -2.59. The van der Waals surface area contributed by atoms with Gasteiger partial charge in [0, 0.05) is 6.61 Å². The van der Waals surface area contributed by atoms with E-state index in [-0.39, 0.29) is 18.5 Å². The van der Waals surface area contributed by atoms with Gasteiger partial charge in [-0.05, 0) is 18.8 Å². The molecule has 0 aromatic heterocycles. The second-order valence-corrected chi connectivity index (χ2v) is 3.76. The molecule has 3 unspecified atom stereocenters. The second-order valence-electron chi connectivity index (χ2n) is 3.76. The number of esters is 1. The summed E-state index contributed by atoms with van der Waals surface area (Å²) in [6.45, 7) is 0.580. The van der Waals surface area contributed by atoms with Gasteiger partial charge in [0.2, 0.25) is 0 Å². The minimum Gasteiger partial charge on any atom is -0.469 e. The number of rotatable bonds is 2. The van der Waals surface area contributed by atoms with Crippen LogP contribution in [-0.4, -0.2) is 37.0 Å². The molecular weight excluding hydrogens is 172 g/mol. The number of aliphatic hydroxyl groups excluding tert-OH is 1. The molecule has 13 heavy (non-hydrogen) atoms. The smallest absolute Gasteiger partial charge is 0.311 e. The number of aliphatic hydroxyl groups is 1. The summed E-state index contributed by atoms with van der Waals surface area (Å²) in [5.41, 5.74) is -0.604. The number of fused-ring (bicyclic) bond motifs is 1. The van der Waals surface area contributed by atoms with Gasteiger partial charge in [-0.1, -0.05) is 0 Å². The van der Waals surface area contributed by atoms with E-state index in [1.807, 2.05) is 0 Å². The Balaban J connectivity index is 2.12. The highest BCUT2D eigenvalue weighted by molar-refractivity contribution is 5.75. The van der Waals surface area contributed by atoms with E-state index in [1.54, 1.807) is 0 Å². The Bertz CT molecular complexity index is 228. The van der Waals surface area contributed by atoms with Crippen molar-refractivity contribution in [2.24, 2.45) is 11.8 Å². The minimum absolute atomic E-state index is 0.0720. The summed E-state index contributed by atoms with van der Waals surface area (Å²) in [5.74, 6) is -0.163. The first kappa shape index (κ1) is 8.97. The molecule has 4 heteroatoms. The SMILES string of the molecule is COC(=O)C1CC2CCOC21CO. The van der Waals surface area contributed by atoms with E-state index in [0.29, 0.717) is 12.5 Å². The van der Waals surface area contributed by atoms with Crippen LogP contribution < -0.4 is 0 Å². The van der Waals surface area contributed by atoms with E-state index in [4.69, 9.17) is 4.74 Å². The number of methoxy groups -OCH3 is 1. The summed E-state index contributed by atoms with van der Waals surface area (Å²) >= 11 is 0. The fourth-order valence-corrected chi connectivity index (χ4v) is 2.50. The van der Waals surface area contributed by atoms with Crippen molar-refractivity contribution in [2.75, 3.05) is 20.3 Å². The topological polar surface area (TPSA) is 55.8 Å². The van der Waals surface area contributed by atoms with Crippen LogP contribution in [0.2, 0.25) is 0 Å². The van der Waals surface area contributed by atoms with Gasteiger partial charge in [-0.25, -0.2) is 0 Å². The molecule has 0 amide bonds. The first-order valence-electron chi connectivity index (χ1n) is 4.57. The third-order valence-corrected chi connectivity index (χ3v) is 3.37. The molecule has 2 rings (SSSR count). The normalized spacial score (nSPS) is 42.3. The summed E-state index contributed by atoms with van der Waals surface area (Å²) in [6.07, 6.45) is 1.75. The van der Waals surface area contributed by atoms with Crippen molar-refractivity contribution in [3.63, 3.8) is 0 Å². The van der Waals surface area contributed by atoms with E-state index < -0.39 is 5.60 Å². The van der Waals surface area contributed by atoms with E-state index in [9.17, 15) is 9.90 Å². The average molecular weight is 186 g/mol. The molecule has 4 nitrogen and oxygen atoms in total. The molecule has 2 fully saturated rings. The Labute approximate surface area is 76.8 Å². The third-order valence-electron chi connectivity index (χ3n) is 3.37. The molecule has 0 aromatic carbocycles. The van der Waals surface area contributed by atoms with Gasteiger partial charge in [-0.15, -0.1) is 0 Å². The average Bonchev–Trinajstić information content (AvgIpc) is 2.44. The van der Waals surface area contributed by atoms with Crippen molar-refractivity contribution in [1.82, 2.24) is 0 Å². The lowest BCUT2D eigenvalue weighted by molar-refractivity contribution is -0.191. The van der Waals surface area contributed by atoms with Gasteiger partial charge >= 0.3 is 5.97 Å². The van der Waals surface area contributed by atoms with Crippen molar-refractivity contribution in [3.8, 4) is 0 Å². The molecule has 1 aliphatic carbocycles. The van der Waals surface area contributed by atoms with Crippen LogP contribution in [0.25, 0.3) is 0 Å². The van der Waals surface area contributed by atoms with Gasteiger partial charge in [0.15, 0.2) is 0 Å². The van der Waals surface area contributed by atoms with Gasteiger partial charge < -0.3 is 14.6 Å². The molecule has 2 aliphatic rings. The molecule has 1 heterocycles. The minimum atomic E-state index is -0.604. The second kappa shape index (κ2) is 2.96. The summed E-state index contributed by atoms with van der Waals surface area (Å²) in [7, 11) is 1.37. The lowest BCUT2D eigenvalue weighted by atomic mass is 9.61. The van der Waals surface area contributed by atoms with Crippen LogP contribution in [0.5, 0.6) is 0 Å². The molecule has 1 saturated heterocycles. The van der Waals surface area contributed by atoms with Crippen molar-refractivity contribution in [1.29, 1.82) is 0 Å². The molecule has 1 N–H and O–H groups in total. The molecule has 0 spiro atoms. The van der Waals surface area contributed by atoms with Crippen LogP contribution in [-0.2, 0) is 14.3 Å². The van der Waals surface area contributed by atoms with Crippen LogP contribution >= 0.6 is 0 Å². The lowest BCUT2D eigenvalue weighted by Gasteiger charge is -2.48. The highest BCUT2D eigenvalue weighted by atomic mass is 16.5. The molecule has 0 bridgehead atoms. The molecule has 1 aliphatic heterocycles. The summed E-state index contributed by atoms with van der Waals surface area (Å²) in [4.78, 5) is 11.3. The van der Waals surface area contributed by atoms with E-state index in [2.05, 4.69) is 4.74 Å². The van der Waals surface area contributed by atoms with Crippen LogP contribution in [0, 0.1) is 11.8 Å². The van der Waals surface area contributed by atoms with Crippen molar-refractivity contribution < 1.29 is 19.4 Å². The van der Waals surface area contributed by atoms with E-state index in [1.165, 1.54) is 7.11 Å². The monoisotopic (exact) mass is 186 g/mol. The van der Waals surface area contributed by atoms with Crippen LogP contribution in [0.15, 0.2) is 0 Å². The first-order chi connectivity index (χ1) is 6.24. The van der Waals surface area contributed by atoms with E-state index >= 15 is 0 Å².